The number of furan rings is 1. The van der Waals surface area contributed by atoms with Gasteiger partial charge in [-0.05, 0) is 30.7 Å². The highest BCUT2D eigenvalue weighted by Gasteiger charge is 2.01. The Morgan fingerprint density at radius 1 is 1.21 bits per heavy atom. The maximum absolute atomic E-state index is 13.5. The van der Waals surface area contributed by atoms with E-state index in [0.29, 0.717) is 12.3 Å². The third-order valence-corrected chi connectivity index (χ3v) is 4.08. The lowest BCUT2D eigenvalue weighted by atomic mass is 10.2. The molecule has 132 valence electrons. The van der Waals surface area contributed by atoms with Crippen molar-refractivity contribution < 1.29 is 8.81 Å². The first-order valence-corrected chi connectivity index (χ1v) is 8.80. The predicted octanol–water partition coefficient (Wildman–Crippen LogP) is 4.03. The lowest BCUT2D eigenvalue weighted by Gasteiger charge is -2.11. The zero-order valence-corrected chi connectivity index (χ0v) is 16.8. The number of rotatable bonds is 8. The molecule has 7 heteroatoms. The summed E-state index contributed by atoms with van der Waals surface area (Å²) in [7, 11) is 0. The molecule has 0 saturated carbocycles. The third-order valence-electron chi connectivity index (χ3n) is 3.07. The first-order chi connectivity index (χ1) is 11.3. The zero-order chi connectivity index (χ0) is 16.3. The van der Waals surface area contributed by atoms with Crippen LogP contribution in [0.15, 0.2) is 52.1 Å². The summed E-state index contributed by atoms with van der Waals surface area (Å²) in [6.07, 6.45) is 1.64. The summed E-state index contributed by atoms with van der Waals surface area (Å²) in [6.45, 7) is 4.09. The summed E-state index contributed by atoms with van der Waals surface area (Å²) < 4.78 is 18.8. The molecule has 0 aliphatic rings. The quantitative estimate of drug-likeness (QED) is 0.269. The molecule has 0 atom stereocenters. The summed E-state index contributed by atoms with van der Waals surface area (Å²) >= 11 is 1.69. The molecular formula is C17H23FIN3OS. The molecule has 0 saturated heterocycles. The molecular weight excluding hydrogens is 440 g/mol. The molecule has 2 rings (SSSR count). The number of benzene rings is 1. The molecule has 0 fully saturated rings. The van der Waals surface area contributed by atoms with Crippen LogP contribution in [0.25, 0.3) is 0 Å². The number of nitrogens with zero attached hydrogens (tertiary/aromatic N) is 1. The van der Waals surface area contributed by atoms with E-state index in [-0.39, 0.29) is 29.8 Å². The summed E-state index contributed by atoms with van der Waals surface area (Å²) in [5.74, 6) is 3.00. The fraction of sp³-hybridized carbons (Fsp3) is 0.353. The van der Waals surface area contributed by atoms with Gasteiger partial charge in [-0.25, -0.2) is 9.38 Å². The molecule has 0 unspecified atom stereocenters. The van der Waals surface area contributed by atoms with E-state index < -0.39 is 0 Å². The van der Waals surface area contributed by atoms with Gasteiger partial charge in [-0.2, -0.15) is 11.8 Å². The highest BCUT2D eigenvalue weighted by atomic mass is 127. The van der Waals surface area contributed by atoms with E-state index in [4.69, 9.17) is 4.42 Å². The van der Waals surface area contributed by atoms with Gasteiger partial charge in [0.15, 0.2) is 5.96 Å². The van der Waals surface area contributed by atoms with Crippen LogP contribution in [0.3, 0.4) is 0 Å². The van der Waals surface area contributed by atoms with Crippen molar-refractivity contribution in [1.29, 1.82) is 0 Å². The van der Waals surface area contributed by atoms with Crippen molar-refractivity contribution in [3.05, 3.63) is 59.8 Å². The summed E-state index contributed by atoms with van der Waals surface area (Å²) in [4.78, 5) is 4.46. The van der Waals surface area contributed by atoms with Gasteiger partial charge in [0, 0.05) is 24.6 Å². The lowest BCUT2D eigenvalue weighted by molar-refractivity contribution is 0.512. The molecule has 1 aromatic heterocycles. The highest BCUT2D eigenvalue weighted by Crippen LogP contribution is 2.14. The normalized spacial score (nSPS) is 11.0. The number of hydrogen-bond donors (Lipinski definition) is 2. The summed E-state index contributed by atoms with van der Waals surface area (Å²) in [5.41, 5.74) is 0.746. The standard InChI is InChI=1S/C17H22FN3OS.HI/c1-2-19-17(21-12-15-7-5-10-22-15)20-9-11-23-13-14-6-3-4-8-16(14)18;/h3-8,10H,2,9,11-13H2,1H3,(H2,19,20,21);1H. The van der Waals surface area contributed by atoms with E-state index in [1.807, 2.05) is 31.2 Å². The van der Waals surface area contributed by atoms with E-state index in [0.717, 1.165) is 36.1 Å². The van der Waals surface area contributed by atoms with Gasteiger partial charge in [0.1, 0.15) is 18.1 Å². The van der Waals surface area contributed by atoms with E-state index in [1.165, 1.54) is 6.07 Å². The van der Waals surface area contributed by atoms with Crippen LogP contribution in [-0.4, -0.2) is 24.8 Å². The molecule has 1 heterocycles. The van der Waals surface area contributed by atoms with Gasteiger partial charge in [-0.3, -0.25) is 0 Å². The Labute approximate surface area is 163 Å². The van der Waals surface area contributed by atoms with Crippen LogP contribution < -0.4 is 10.6 Å². The van der Waals surface area contributed by atoms with Crippen molar-refractivity contribution >= 4 is 41.7 Å². The average Bonchev–Trinajstić information content (AvgIpc) is 3.07. The fourth-order valence-electron chi connectivity index (χ4n) is 1.94. The minimum Gasteiger partial charge on any atom is -0.467 e. The molecule has 0 radical (unpaired) electrons. The van der Waals surface area contributed by atoms with Crippen LogP contribution in [0.2, 0.25) is 0 Å². The smallest absolute Gasteiger partial charge is 0.191 e. The monoisotopic (exact) mass is 463 g/mol. The molecule has 0 spiro atoms. The number of hydrogen-bond acceptors (Lipinski definition) is 3. The maximum atomic E-state index is 13.5. The van der Waals surface area contributed by atoms with Crippen LogP contribution in [0.5, 0.6) is 0 Å². The SMILES string of the molecule is CCNC(=NCc1ccco1)NCCSCc1ccccc1F.I. The topological polar surface area (TPSA) is 49.6 Å². The third kappa shape index (κ3) is 7.57. The molecule has 0 bridgehead atoms. The lowest BCUT2D eigenvalue weighted by Crippen LogP contribution is -2.38. The second-order valence-corrected chi connectivity index (χ2v) is 5.95. The van der Waals surface area contributed by atoms with Crippen LogP contribution in [0, 0.1) is 5.82 Å². The van der Waals surface area contributed by atoms with Crippen LogP contribution in [0.1, 0.15) is 18.2 Å². The number of guanidine groups is 1. The van der Waals surface area contributed by atoms with E-state index in [1.54, 1.807) is 24.1 Å². The molecule has 0 aliphatic carbocycles. The summed E-state index contributed by atoms with van der Waals surface area (Å²) in [6, 6.07) is 10.6. The first-order valence-electron chi connectivity index (χ1n) is 7.65. The summed E-state index contributed by atoms with van der Waals surface area (Å²) in [5, 5.41) is 6.46. The van der Waals surface area contributed by atoms with Gasteiger partial charge >= 0.3 is 0 Å². The molecule has 0 aliphatic heterocycles. The van der Waals surface area contributed by atoms with Crippen molar-refractivity contribution in [1.82, 2.24) is 10.6 Å². The van der Waals surface area contributed by atoms with Crippen molar-refractivity contribution in [2.75, 3.05) is 18.8 Å². The van der Waals surface area contributed by atoms with E-state index in [9.17, 15) is 4.39 Å². The van der Waals surface area contributed by atoms with Gasteiger partial charge < -0.3 is 15.1 Å². The average molecular weight is 463 g/mol. The van der Waals surface area contributed by atoms with Gasteiger partial charge in [-0.15, -0.1) is 24.0 Å². The minimum atomic E-state index is -0.138. The number of aliphatic imine (C=N–C) groups is 1. The second-order valence-electron chi connectivity index (χ2n) is 4.85. The maximum Gasteiger partial charge on any atom is 0.191 e. The van der Waals surface area contributed by atoms with Crippen LogP contribution in [0.4, 0.5) is 4.39 Å². The Hall–Kier alpha value is -1.22. The number of nitrogens with one attached hydrogen (secondary N) is 2. The van der Waals surface area contributed by atoms with Crippen molar-refractivity contribution in [2.24, 2.45) is 4.99 Å². The number of halogens is 2. The molecule has 2 N–H and O–H groups in total. The van der Waals surface area contributed by atoms with E-state index in [2.05, 4.69) is 15.6 Å². The van der Waals surface area contributed by atoms with E-state index >= 15 is 0 Å². The first kappa shape index (κ1) is 20.8. The second kappa shape index (κ2) is 12.2. The Balaban J connectivity index is 0.00000288. The largest absolute Gasteiger partial charge is 0.467 e. The highest BCUT2D eigenvalue weighted by molar-refractivity contribution is 14.0. The minimum absolute atomic E-state index is 0. The van der Waals surface area contributed by atoms with Crippen LogP contribution >= 0.6 is 35.7 Å². The molecule has 4 nitrogen and oxygen atoms in total. The van der Waals surface area contributed by atoms with Gasteiger partial charge in [0.2, 0.25) is 0 Å². The molecule has 24 heavy (non-hydrogen) atoms. The Morgan fingerprint density at radius 3 is 2.75 bits per heavy atom. The molecule has 2 aromatic rings. The van der Waals surface area contributed by atoms with Gasteiger partial charge in [0.05, 0.1) is 6.26 Å². The Bertz CT molecular complexity index is 608. The van der Waals surface area contributed by atoms with Crippen LogP contribution in [-0.2, 0) is 12.3 Å². The van der Waals surface area contributed by atoms with Gasteiger partial charge in [-0.1, -0.05) is 18.2 Å². The zero-order valence-electron chi connectivity index (χ0n) is 13.6. The Morgan fingerprint density at radius 2 is 2.04 bits per heavy atom. The predicted molar refractivity (Wildman–Crippen MR) is 110 cm³/mol. The van der Waals surface area contributed by atoms with Crippen molar-refractivity contribution in [3.8, 4) is 0 Å². The molecule has 1 aromatic carbocycles. The fourth-order valence-corrected chi connectivity index (χ4v) is 2.79. The van der Waals surface area contributed by atoms with Gasteiger partial charge in [0.25, 0.3) is 0 Å². The van der Waals surface area contributed by atoms with Crippen molar-refractivity contribution in [2.45, 2.75) is 19.2 Å². The number of thioether (sulfide) groups is 1. The Kier molecular flexibility index (Phi) is 10.6. The molecule has 0 amide bonds. The van der Waals surface area contributed by atoms with Crippen molar-refractivity contribution in [3.63, 3.8) is 0 Å².